The smallest absolute Gasteiger partial charge is 0.127 e. The summed E-state index contributed by atoms with van der Waals surface area (Å²) in [6, 6.07) is 4.78. The van der Waals surface area contributed by atoms with Gasteiger partial charge in [-0.25, -0.2) is 4.39 Å². The van der Waals surface area contributed by atoms with Crippen molar-refractivity contribution >= 4 is 23.2 Å². The molecule has 0 aromatic heterocycles. The third kappa shape index (κ3) is 3.66. The Kier molecular flexibility index (Phi) is 5.41. The first-order valence-electron chi connectivity index (χ1n) is 5.17. The lowest BCUT2D eigenvalue weighted by atomic mass is 9.96. The summed E-state index contributed by atoms with van der Waals surface area (Å²) < 4.78 is 13.5. The predicted molar refractivity (Wildman–Crippen MR) is 64.2 cm³/mol. The molecule has 3 heteroatoms. The van der Waals surface area contributed by atoms with Gasteiger partial charge in [-0.3, -0.25) is 0 Å². The molecule has 0 aliphatic carbocycles. The van der Waals surface area contributed by atoms with Gasteiger partial charge in [0.05, 0.1) is 0 Å². The Hall–Kier alpha value is -0.270. The summed E-state index contributed by atoms with van der Waals surface area (Å²) in [5.41, 5.74) is 0.596. The van der Waals surface area contributed by atoms with Gasteiger partial charge in [-0.05, 0) is 30.9 Å². The minimum Gasteiger partial charge on any atom is -0.207 e. The maximum absolute atomic E-state index is 13.5. The minimum atomic E-state index is -0.228. The molecule has 1 aromatic rings. The van der Waals surface area contributed by atoms with Crippen LogP contribution in [0.4, 0.5) is 4.39 Å². The van der Waals surface area contributed by atoms with Crippen LogP contribution in [0.2, 0.25) is 5.02 Å². The Labute approximate surface area is 100 Å². The van der Waals surface area contributed by atoms with Crippen LogP contribution in [-0.4, -0.2) is 5.88 Å². The van der Waals surface area contributed by atoms with E-state index in [1.165, 1.54) is 6.07 Å². The molecule has 0 bridgehead atoms. The Morgan fingerprint density at radius 2 is 2.13 bits per heavy atom. The van der Waals surface area contributed by atoms with Gasteiger partial charge >= 0.3 is 0 Å². The Morgan fingerprint density at radius 1 is 1.40 bits per heavy atom. The van der Waals surface area contributed by atoms with Crippen LogP contribution in [0.25, 0.3) is 0 Å². The van der Waals surface area contributed by atoms with Gasteiger partial charge in [-0.15, -0.1) is 11.6 Å². The lowest BCUT2D eigenvalue weighted by Gasteiger charge is -2.14. The quantitative estimate of drug-likeness (QED) is 0.665. The van der Waals surface area contributed by atoms with E-state index in [1.807, 2.05) is 0 Å². The van der Waals surface area contributed by atoms with Crippen LogP contribution >= 0.6 is 23.2 Å². The SMILES string of the molecule is CCCC(CCl)Cc1c(F)cccc1Cl. The molecule has 0 fully saturated rings. The van der Waals surface area contributed by atoms with Crippen LogP contribution in [0.3, 0.4) is 0 Å². The van der Waals surface area contributed by atoms with Crippen LogP contribution in [0, 0.1) is 11.7 Å². The van der Waals surface area contributed by atoms with E-state index in [0.717, 1.165) is 12.8 Å². The standard InChI is InChI=1S/C12H15Cl2F/c1-2-4-9(8-13)7-10-11(14)5-3-6-12(10)15/h3,5-6,9H,2,4,7-8H2,1H3. The second kappa shape index (κ2) is 6.34. The third-order valence-corrected chi connectivity index (χ3v) is 3.26. The third-order valence-electron chi connectivity index (χ3n) is 2.47. The zero-order chi connectivity index (χ0) is 11.3. The van der Waals surface area contributed by atoms with Crippen molar-refractivity contribution in [2.75, 3.05) is 5.88 Å². The summed E-state index contributed by atoms with van der Waals surface area (Å²) >= 11 is 11.8. The van der Waals surface area contributed by atoms with Crippen molar-refractivity contribution in [1.29, 1.82) is 0 Å². The monoisotopic (exact) mass is 248 g/mol. The Balaban J connectivity index is 2.78. The van der Waals surface area contributed by atoms with Gasteiger partial charge in [0.15, 0.2) is 0 Å². The van der Waals surface area contributed by atoms with E-state index < -0.39 is 0 Å². The largest absolute Gasteiger partial charge is 0.207 e. The molecule has 1 unspecified atom stereocenters. The predicted octanol–water partition coefficient (Wildman–Crippen LogP) is 4.68. The summed E-state index contributed by atoms with van der Waals surface area (Å²) in [5.74, 6) is 0.637. The molecule has 0 saturated carbocycles. The Bertz CT molecular complexity index is 292. The van der Waals surface area contributed by atoms with Crippen LogP contribution in [-0.2, 0) is 6.42 Å². The molecule has 1 aromatic carbocycles. The molecule has 0 N–H and O–H groups in total. The van der Waals surface area contributed by atoms with Gasteiger partial charge in [-0.2, -0.15) is 0 Å². The molecule has 0 spiro atoms. The van der Waals surface area contributed by atoms with E-state index in [1.54, 1.807) is 12.1 Å². The van der Waals surface area contributed by atoms with Crippen molar-refractivity contribution in [2.45, 2.75) is 26.2 Å². The first-order valence-corrected chi connectivity index (χ1v) is 6.09. The molecule has 0 nitrogen and oxygen atoms in total. The fraction of sp³-hybridized carbons (Fsp3) is 0.500. The summed E-state index contributed by atoms with van der Waals surface area (Å²) in [6.07, 6.45) is 2.69. The van der Waals surface area contributed by atoms with Crippen molar-refractivity contribution in [1.82, 2.24) is 0 Å². The number of alkyl halides is 1. The zero-order valence-corrected chi connectivity index (χ0v) is 10.3. The summed E-state index contributed by atoms with van der Waals surface area (Å²) in [5, 5.41) is 0.501. The molecule has 0 saturated heterocycles. The minimum absolute atomic E-state index is 0.228. The van der Waals surface area contributed by atoms with Crippen molar-refractivity contribution in [3.63, 3.8) is 0 Å². The average molecular weight is 249 g/mol. The highest BCUT2D eigenvalue weighted by Gasteiger charge is 2.13. The highest BCUT2D eigenvalue weighted by molar-refractivity contribution is 6.31. The number of rotatable bonds is 5. The fourth-order valence-corrected chi connectivity index (χ4v) is 2.16. The molecule has 0 amide bonds. The van der Waals surface area contributed by atoms with Crippen molar-refractivity contribution in [3.8, 4) is 0 Å². The first-order chi connectivity index (χ1) is 7.19. The highest BCUT2D eigenvalue weighted by atomic mass is 35.5. The van der Waals surface area contributed by atoms with Gasteiger partial charge < -0.3 is 0 Å². The summed E-state index contributed by atoms with van der Waals surface area (Å²) in [4.78, 5) is 0. The van der Waals surface area contributed by atoms with Gasteiger partial charge in [0, 0.05) is 16.5 Å². The molecule has 15 heavy (non-hydrogen) atoms. The molecule has 1 rings (SSSR count). The highest BCUT2D eigenvalue weighted by Crippen LogP contribution is 2.24. The van der Waals surface area contributed by atoms with Crippen molar-refractivity contribution in [3.05, 3.63) is 34.6 Å². The van der Waals surface area contributed by atoms with Crippen LogP contribution in [0.5, 0.6) is 0 Å². The normalized spacial score (nSPS) is 12.8. The Morgan fingerprint density at radius 3 is 2.67 bits per heavy atom. The molecular formula is C12H15Cl2F. The number of benzene rings is 1. The maximum Gasteiger partial charge on any atom is 0.127 e. The molecule has 84 valence electrons. The summed E-state index contributed by atoms with van der Waals surface area (Å²) in [6.45, 7) is 2.10. The van der Waals surface area contributed by atoms with Gasteiger partial charge in [0.25, 0.3) is 0 Å². The van der Waals surface area contributed by atoms with E-state index >= 15 is 0 Å². The lowest BCUT2D eigenvalue weighted by molar-refractivity contribution is 0.509. The average Bonchev–Trinajstić information content (AvgIpc) is 2.22. The van der Waals surface area contributed by atoms with E-state index in [9.17, 15) is 4.39 Å². The second-order valence-corrected chi connectivity index (χ2v) is 4.43. The second-order valence-electron chi connectivity index (χ2n) is 3.71. The lowest BCUT2D eigenvalue weighted by Crippen LogP contribution is -2.08. The van der Waals surface area contributed by atoms with E-state index in [2.05, 4.69) is 6.92 Å². The van der Waals surface area contributed by atoms with Crippen molar-refractivity contribution in [2.24, 2.45) is 5.92 Å². The van der Waals surface area contributed by atoms with Crippen LogP contribution < -0.4 is 0 Å². The van der Waals surface area contributed by atoms with Crippen molar-refractivity contribution < 1.29 is 4.39 Å². The van der Waals surface area contributed by atoms with Gasteiger partial charge in [-0.1, -0.05) is 31.0 Å². The van der Waals surface area contributed by atoms with E-state index in [0.29, 0.717) is 28.8 Å². The van der Waals surface area contributed by atoms with Crippen LogP contribution in [0.1, 0.15) is 25.3 Å². The van der Waals surface area contributed by atoms with Gasteiger partial charge in [0.2, 0.25) is 0 Å². The molecule has 0 aliphatic rings. The van der Waals surface area contributed by atoms with Crippen LogP contribution in [0.15, 0.2) is 18.2 Å². The van der Waals surface area contributed by atoms with E-state index in [4.69, 9.17) is 23.2 Å². The molecule has 0 heterocycles. The first kappa shape index (κ1) is 12.8. The number of hydrogen-bond acceptors (Lipinski definition) is 0. The molecular weight excluding hydrogens is 234 g/mol. The molecule has 0 aliphatic heterocycles. The number of hydrogen-bond donors (Lipinski definition) is 0. The summed E-state index contributed by atoms with van der Waals surface area (Å²) in [7, 11) is 0. The zero-order valence-electron chi connectivity index (χ0n) is 8.77. The van der Waals surface area contributed by atoms with Gasteiger partial charge in [0.1, 0.15) is 5.82 Å². The fourth-order valence-electron chi connectivity index (χ4n) is 1.66. The topological polar surface area (TPSA) is 0 Å². The number of halogens is 3. The maximum atomic E-state index is 13.5. The molecule has 1 atom stereocenters. The molecule has 0 radical (unpaired) electrons. The van der Waals surface area contributed by atoms with E-state index in [-0.39, 0.29) is 5.82 Å².